The first-order chi connectivity index (χ1) is 16.4. The van der Waals surface area contributed by atoms with Crippen LogP contribution < -0.4 is 10.2 Å². The average Bonchev–Trinajstić information content (AvgIpc) is 2.89. The van der Waals surface area contributed by atoms with Crippen LogP contribution in [0.4, 0.5) is 10.5 Å². The van der Waals surface area contributed by atoms with Gasteiger partial charge in [0.15, 0.2) is 0 Å². The molecule has 2 aliphatic heterocycles. The Hall–Kier alpha value is -3.56. The Morgan fingerprint density at radius 1 is 1.24 bits per heavy atom. The Kier molecular flexibility index (Phi) is 6.76. The van der Waals surface area contributed by atoms with E-state index in [2.05, 4.69) is 20.3 Å². The lowest BCUT2D eigenvalue weighted by molar-refractivity contribution is -0.144. The summed E-state index contributed by atoms with van der Waals surface area (Å²) in [5, 5.41) is 2.83. The van der Waals surface area contributed by atoms with Gasteiger partial charge >= 0.3 is 12.0 Å². The van der Waals surface area contributed by atoms with Crippen LogP contribution in [0.15, 0.2) is 43.1 Å². The van der Waals surface area contributed by atoms with Gasteiger partial charge in [0.2, 0.25) is 5.91 Å². The van der Waals surface area contributed by atoms with Crippen LogP contribution in [0.5, 0.6) is 0 Å². The molecule has 1 spiro atoms. The Bertz CT molecular complexity index is 1030. The second-order valence-corrected chi connectivity index (χ2v) is 8.91. The van der Waals surface area contributed by atoms with Gasteiger partial charge in [-0.3, -0.25) is 14.7 Å². The maximum atomic E-state index is 13.5. The van der Waals surface area contributed by atoms with Gasteiger partial charge in [-0.1, -0.05) is 26.3 Å². The minimum atomic E-state index is -0.710. The molecule has 0 saturated carbocycles. The van der Waals surface area contributed by atoms with Gasteiger partial charge in [-0.15, -0.1) is 0 Å². The Balaban J connectivity index is 1.51. The maximum Gasteiger partial charge on any atom is 0.328 e. The summed E-state index contributed by atoms with van der Waals surface area (Å²) in [6, 6.07) is 4.37. The molecular formula is C24H30N6O4. The lowest BCUT2D eigenvalue weighted by Gasteiger charge is -2.58. The van der Waals surface area contributed by atoms with E-state index in [1.807, 2.05) is 32.0 Å². The first kappa shape index (κ1) is 23.6. The lowest BCUT2D eigenvalue weighted by Crippen LogP contribution is -2.67. The number of carbonyl (C=O) groups excluding carboxylic acids is 3. The molecule has 1 N–H and O–H groups in total. The summed E-state index contributed by atoms with van der Waals surface area (Å²) in [5.74, 6) is -0.526. The quantitative estimate of drug-likeness (QED) is 0.513. The van der Waals surface area contributed by atoms with Gasteiger partial charge in [-0.2, -0.15) is 0 Å². The number of pyridine rings is 1. The van der Waals surface area contributed by atoms with Gasteiger partial charge in [-0.25, -0.2) is 19.6 Å². The number of carbonyl (C=O) groups is 3. The first-order valence-electron chi connectivity index (χ1n) is 11.6. The molecule has 10 heteroatoms. The SMILES string of the molecule is CC[C@H](C)[C@H](NC(=O)N1CCC2(CC1)C(=O)N(c1cncnc1)C2c1ccccn1)C(=O)OC. The van der Waals surface area contributed by atoms with Gasteiger partial charge in [0.05, 0.1) is 42.3 Å². The molecular weight excluding hydrogens is 436 g/mol. The van der Waals surface area contributed by atoms with Crippen LogP contribution in [0.2, 0.25) is 0 Å². The van der Waals surface area contributed by atoms with Crippen molar-refractivity contribution in [2.45, 2.75) is 45.2 Å². The van der Waals surface area contributed by atoms with Gasteiger partial charge < -0.3 is 15.0 Å². The van der Waals surface area contributed by atoms with Crippen molar-refractivity contribution < 1.29 is 19.1 Å². The molecule has 2 aromatic rings. The molecule has 4 heterocycles. The van der Waals surface area contributed by atoms with Crippen LogP contribution in [0.3, 0.4) is 0 Å². The third-order valence-corrected chi connectivity index (χ3v) is 7.11. The predicted molar refractivity (Wildman–Crippen MR) is 124 cm³/mol. The number of nitrogens with one attached hydrogen (secondary N) is 1. The summed E-state index contributed by atoms with van der Waals surface area (Å²) in [6.45, 7) is 4.66. The van der Waals surface area contributed by atoms with Crippen molar-refractivity contribution in [3.8, 4) is 0 Å². The number of β-lactam (4-membered cyclic amide) rings is 1. The van der Waals surface area contributed by atoms with Crippen LogP contribution in [-0.4, -0.2) is 64.0 Å². The van der Waals surface area contributed by atoms with E-state index in [0.29, 0.717) is 31.6 Å². The minimum absolute atomic E-state index is 0.00921. The van der Waals surface area contributed by atoms with E-state index in [1.165, 1.54) is 13.4 Å². The number of esters is 1. The summed E-state index contributed by atoms with van der Waals surface area (Å²) in [4.78, 5) is 54.7. The molecule has 2 saturated heterocycles. The van der Waals surface area contributed by atoms with Crippen molar-refractivity contribution in [3.05, 3.63) is 48.8 Å². The molecule has 0 bridgehead atoms. The summed E-state index contributed by atoms with van der Waals surface area (Å²) in [5.41, 5.74) is 0.772. The maximum absolute atomic E-state index is 13.5. The van der Waals surface area contributed by atoms with Crippen molar-refractivity contribution in [1.29, 1.82) is 0 Å². The molecule has 0 aromatic carbocycles. The molecule has 4 rings (SSSR count). The summed E-state index contributed by atoms with van der Waals surface area (Å²) in [6.07, 6.45) is 8.11. The van der Waals surface area contributed by atoms with Gasteiger partial charge in [-0.05, 0) is 30.9 Å². The van der Waals surface area contributed by atoms with Crippen molar-refractivity contribution in [2.75, 3.05) is 25.1 Å². The highest BCUT2D eigenvalue weighted by molar-refractivity contribution is 6.06. The number of urea groups is 1. The highest BCUT2D eigenvalue weighted by Crippen LogP contribution is 2.56. The molecule has 180 valence electrons. The molecule has 3 amide bonds. The monoisotopic (exact) mass is 466 g/mol. The highest BCUT2D eigenvalue weighted by atomic mass is 16.5. The van der Waals surface area contributed by atoms with Crippen molar-refractivity contribution in [1.82, 2.24) is 25.2 Å². The smallest absolute Gasteiger partial charge is 0.328 e. The van der Waals surface area contributed by atoms with Crippen LogP contribution in [0.25, 0.3) is 0 Å². The molecule has 0 aliphatic carbocycles. The van der Waals surface area contributed by atoms with Crippen LogP contribution in [0, 0.1) is 11.3 Å². The molecule has 0 radical (unpaired) electrons. The second-order valence-electron chi connectivity index (χ2n) is 8.91. The first-order valence-corrected chi connectivity index (χ1v) is 11.6. The number of rotatable bonds is 6. The van der Waals surface area contributed by atoms with Gasteiger partial charge in [0.1, 0.15) is 12.4 Å². The molecule has 34 heavy (non-hydrogen) atoms. The number of amides is 3. The molecule has 10 nitrogen and oxygen atoms in total. The van der Waals surface area contributed by atoms with Gasteiger partial charge in [0.25, 0.3) is 0 Å². The van der Waals surface area contributed by atoms with E-state index in [1.54, 1.807) is 28.4 Å². The second kappa shape index (κ2) is 9.74. The normalized spacial score (nSPS) is 20.9. The number of likely N-dealkylation sites (tertiary alicyclic amines) is 1. The van der Waals surface area contributed by atoms with E-state index < -0.39 is 17.4 Å². The largest absolute Gasteiger partial charge is 0.467 e. The molecule has 3 atom stereocenters. The molecule has 1 unspecified atom stereocenters. The number of methoxy groups -OCH3 is 1. The Morgan fingerprint density at radius 3 is 2.53 bits per heavy atom. The zero-order chi connectivity index (χ0) is 24.3. The molecule has 2 aromatic heterocycles. The van der Waals surface area contributed by atoms with Gasteiger partial charge in [0, 0.05) is 19.3 Å². The number of piperidine rings is 1. The van der Waals surface area contributed by atoms with E-state index in [4.69, 9.17) is 4.74 Å². The average molecular weight is 467 g/mol. The van der Waals surface area contributed by atoms with Crippen molar-refractivity contribution >= 4 is 23.6 Å². The number of nitrogens with zero attached hydrogens (tertiary/aromatic N) is 5. The fourth-order valence-electron chi connectivity index (χ4n) is 4.91. The fourth-order valence-corrected chi connectivity index (χ4v) is 4.91. The van der Waals surface area contributed by atoms with E-state index in [9.17, 15) is 14.4 Å². The van der Waals surface area contributed by atoms with E-state index in [0.717, 1.165) is 12.1 Å². The zero-order valence-electron chi connectivity index (χ0n) is 19.7. The standard InChI is InChI=1S/C24H30N6O4/c1-4-16(2)19(21(31)34-3)28-23(33)29-11-8-24(9-12-29)20(18-7-5-6-10-27-18)30(22(24)32)17-13-25-15-26-14-17/h5-7,10,13-16,19-20H,4,8-9,11-12H2,1-3H3,(H,28,33)/t16-,19-,20?/m0/s1. The fraction of sp³-hybridized carbons (Fsp3) is 0.500. The number of hydrogen-bond donors (Lipinski definition) is 1. The highest BCUT2D eigenvalue weighted by Gasteiger charge is 2.63. The van der Waals surface area contributed by atoms with E-state index in [-0.39, 0.29) is 23.9 Å². The van der Waals surface area contributed by atoms with Crippen LogP contribution in [-0.2, 0) is 14.3 Å². The van der Waals surface area contributed by atoms with Crippen molar-refractivity contribution in [2.24, 2.45) is 11.3 Å². The summed E-state index contributed by atoms with van der Waals surface area (Å²) < 4.78 is 4.87. The minimum Gasteiger partial charge on any atom is -0.467 e. The number of aromatic nitrogens is 3. The third kappa shape index (κ3) is 4.08. The number of hydrogen-bond acceptors (Lipinski definition) is 7. The third-order valence-electron chi connectivity index (χ3n) is 7.11. The van der Waals surface area contributed by atoms with Crippen molar-refractivity contribution in [3.63, 3.8) is 0 Å². The summed E-state index contributed by atoms with van der Waals surface area (Å²) in [7, 11) is 1.32. The van der Waals surface area contributed by atoms with Crippen LogP contribution >= 0.6 is 0 Å². The summed E-state index contributed by atoms with van der Waals surface area (Å²) >= 11 is 0. The molecule has 2 aliphatic rings. The molecule has 2 fully saturated rings. The van der Waals surface area contributed by atoms with Crippen LogP contribution in [0.1, 0.15) is 44.8 Å². The Labute approximate surface area is 198 Å². The number of anilines is 1. The number of ether oxygens (including phenoxy) is 1. The topological polar surface area (TPSA) is 118 Å². The zero-order valence-corrected chi connectivity index (χ0v) is 19.7. The predicted octanol–water partition coefficient (Wildman–Crippen LogP) is 2.34. The lowest BCUT2D eigenvalue weighted by atomic mass is 9.63. The Morgan fingerprint density at radius 2 is 1.94 bits per heavy atom. The van der Waals surface area contributed by atoms with E-state index >= 15 is 0 Å².